The second-order valence-corrected chi connectivity index (χ2v) is 5.36. The molecule has 3 rings (SSSR count). The number of β-amino-alcohol motifs (C(OH)–C–C–N with tert-alkyl or cyclic N) is 1. The molecule has 1 fully saturated rings. The maximum Gasteiger partial charge on any atom is 0.258 e. The first-order valence-corrected chi connectivity index (χ1v) is 7.01. The minimum Gasteiger partial charge on any atom is -0.392 e. The third-order valence-electron chi connectivity index (χ3n) is 3.69. The van der Waals surface area contributed by atoms with Gasteiger partial charge in [-0.05, 0) is 37.9 Å². The lowest BCUT2D eigenvalue weighted by molar-refractivity contribution is 0.0651. The van der Waals surface area contributed by atoms with Gasteiger partial charge in [-0.15, -0.1) is 0 Å². The van der Waals surface area contributed by atoms with Gasteiger partial charge in [0.25, 0.3) is 5.89 Å². The summed E-state index contributed by atoms with van der Waals surface area (Å²) in [5.74, 6) is 1.24. The molecule has 0 amide bonds. The van der Waals surface area contributed by atoms with Crippen molar-refractivity contribution in [1.29, 1.82) is 0 Å². The number of hydrogen-bond acceptors (Lipinski definition) is 5. The Morgan fingerprint density at radius 3 is 3.05 bits per heavy atom. The zero-order valence-electron chi connectivity index (χ0n) is 11.6. The molecule has 1 aromatic carbocycles. The van der Waals surface area contributed by atoms with Gasteiger partial charge in [0.2, 0.25) is 0 Å². The first-order valence-electron chi connectivity index (χ1n) is 7.01. The van der Waals surface area contributed by atoms with E-state index in [0.717, 1.165) is 30.5 Å². The van der Waals surface area contributed by atoms with Crippen LogP contribution in [0.15, 0.2) is 28.8 Å². The number of benzene rings is 1. The molecule has 0 spiro atoms. The van der Waals surface area contributed by atoms with Gasteiger partial charge in [-0.1, -0.05) is 23.4 Å². The summed E-state index contributed by atoms with van der Waals surface area (Å²) < 4.78 is 5.35. The molecule has 1 aliphatic heterocycles. The van der Waals surface area contributed by atoms with Crippen molar-refractivity contribution in [3.05, 3.63) is 35.7 Å². The van der Waals surface area contributed by atoms with Crippen molar-refractivity contribution < 1.29 is 9.63 Å². The standard InChI is InChI=1S/C15H19N3O2/c1-11-5-2-3-7-13(11)15-16-14(17-20-15)10-18-8-4-6-12(19)9-18/h2-3,5,7,12,19H,4,6,8-10H2,1H3. The van der Waals surface area contributed by atoms with Crippen LogP contribution in [0.25, 0.3) is 11.5 Å². The highest BCUT2D eigenvalue weighted by Crippen LogP contribution is 2.21. The lowest BCUT2D eigenvalue weighted by Crippen LogP contribution is -2.37. The van der Waals surface area contributed by atoms with Crippen LogP contribution in [0.3, 0.4) is 0 Å². The van der Waals surface area contributed by atoms with Crippen LogP contribution in [0.5, 0.6) is 0 Å². The molecule has 1 aliphatic rings. The lowest BCUT2D eigenvalue weighted by atomic mass is 10.1. The number of aromatic nitrogens is 2. The normalized spacial score (nSPS) is 20.2. The molecule has 2 heterocycles. The summed E-state index contributed by atoms with van der Waals surface area (Å²) >= 11 is 0. The maximum atomic E-state index is 9.67. The third-order valence-corrected chi connectivity index (χ3v) is 3.69. The number of likely N-dealkylation sites (tertiary alicyclic amines) is 1. The van der Waals surface area contributed by atoms with E-state index in [2.05, 4.69) is 15.0 Å². The molecule has 20 heavy (non-hydrogen) atoms. The number of piperidine rings is 1. The van der Waals surface area contributed by atoms with Crippen molar-refractivity contribution in [3.8, 4) is 11.5 Å². The lowest BCUT2D eigenvalue weighted by Gasteiger charge is -2.28. The molecule has 106 valence electrons. The van der Waals surface area contributed by atoms with Crippen molar-refractivity contribution in [2.24, 2.45) is 0 Å². The number of nitrogens with zero attached hydrogens (tertiary/aromatic N) is 3. The van der Waals surface area contributed by atoms with Crippen molar-refractivity contribution >= 4 is 0 Å². The van der Waals surface area contributed by atoms with Crippen molar-refractivity contribution in [2.45, 2.75) is 32.4 Å². The minimum atomic E-state index is -0.230. The van der Waals surface area contributed by atoms with E-state index in [4.69, 9.17) is 4.52 Å². The van der Waals surface area contributed by atoms with E-state index >= 15 is 0 Å². The molecule has 1 unspecified atom stereocenters. The van der Waals surface area contributed by atoms with E-state index in [9.17, 15) is 5.11 Å². The third kappa shape index (κ3) is 2.89. The Morgan fingerprint density at radius 2 is 2.25 bits per heavy atom. The summed E-state index contributed by atoms with van der Waals surface area (Å²) in [5.41, 5.74) is 2.10. The highest BCUT2D eigenvalue weighted by atomic mass is 16.5. The molecule has 1 atom stereocenters. The summed E-state index contributed by atoms with van der Waals surface area (Å²) in [5, 5.41) is 13.7. The highest BCUT2D eigenvalue weighted by Gasteiger charge is 2.20. The molecule has 1 aromatic heterocycles. The largest absolute Gasteiger partial charge is 0.392 e. The Kier molecular flexibility index (Phi) is 3.80. The van der Waals surface area contributed by atoms with E-state index in [1.807, 2.05) is 31.2 Å². The number of rotatable bonds is 3. The molecule has 0 radical (unpaired) electrons. The van der Waals surface area contributed by atoms with Crippen LogP contribution in [0.4, 0.5) is 0 Å². The topological polar surface area (TPSA) is 62.4 Å². The maximum absolute atomic E-state index is 9.67. The van der Waals surface area contributed by atoms with Crippen LogP contribution in [0.1, 0.15) is 24.2 Å². The Balaban J connectivity index is 1.72. The average Bonchev–Trinajstić information content (AvgIpc) is 2.87. The van der Waals surface area contributed by atoms with Gasteiger partial charge >= 0.3 is 0 Å². The van der Waals surface area contributed by atoms with Gasteiger partial charge in [0.1, 0.15) is 0 Å². The molecular weight excluding hydrogens is 254 g/mol. The Morgan fingerprint density at radius 1 is 1.40 bits per heavy atom. The van der Waals surface area contributed by atoms with Crippen LogP contribution in [0, 0.1) is 6.92 Å². The minimum absolute atomic E-state index is 0.230. The van der Waals surface area contributed by atoms with Crippen LogP contribution >= 0.6 is 0 Å². The number of hydrogen-bond donors (Lipinski definition) is 1. The van der Waals surface area contributed by atoms with Gasteiger partial charge in [0, 0.05) is 12.1 Å². The van der Waals surface area contributed by atoms with Gasteiger partial charge in [-0.3, -0.25) is 4.90 Å². The number of aliphatic hydroxyl groups excluding tert-OH is 1. The monoisotopic (exact) mass is 273 g/mol. The quantitative estimate of drug-likeness (QED) is 0.926. The fraction of sp³-hybridized carbons (Fsp3) is 0.467. The molecule has 0 aliphatic carbocycles. The van der Waals surface area contributed by atoms with Crippen molar-refractivity contribution in [2.75, 3.05) is 13.1 Å². The van der Waals surface area contributed by atoms with Gasteiger partial charge in [-0.25, -0.2) is 0 Å². The second-order valence-electron chi connectivity index (χ2n) is 5.36. The van der Waals surface area contributed by atoms with Gasteiger partial charge in [0.15, 0.2) is 5.82 Å². The van der Waals surface area contributed by atoms with Gasteiger partial charge < -0.3 is 9.63 Å². The molecule has 5 nitrogen and oxygen atoms in total. The predicted molar refractivity (Wildman–Crippen MR) is 75.0 cm³/mol. The van der Waals surface area contributed by atoms with E-state index in [0.29, 0.717) is 24.8 Å². The average molecular weight is 273 g/mol. The zero-order valence-corrected chi connectivity index (χ0v) is 11.6. The Bertz CT molecular complexity index is 582. The number of aryl methyl sites for hydroxylation is 1. The fourth-order valence-corrected chi connectivity index (χ4v) is 2.62. The van der Waals surface area contributed by atoms with Gasteiger partial charge in [-0.2, -0.15) is 4.98 Å². The van der Waals surface area contributed by atoms with Crippen LogP contribution in [0.2, 0.25) is 0 Å². The molecule has 0 saturated carbocycles. The van der Waals surface area contributed by atoms with E-state index in [-0.39, 0.29) is 6.10 Å². The number of aliphatic hydroxyl groups is 1. The zero-order chi connectivity index (χ0) is 13.9. The smallest absolute Gasteiger partial charge is 0.258 e. The van der Waals surface area contributed by atoms with Crippen LogP contribution in [-0.4, -0.2) is 39.3 Å². The van der Waals surface area contributed by atoms with Crippen LogP contribution < -0.4 is 0 Å². The molecule has 1 saturated heterocycles. The van der Waals surface area contributed by atoms with Crippen molar-refractivity contribution in [3.63, 3.8) is 0 Å². The van der Waals surface area contributed by atoms with E-state index < -0.39 is 0 Å². The first-order chi connectivity index (χ1) is 9.72. The predicted octanol–water partition coefficient (Wildman–Crippen LogP) is 2.00. The summed E-state index contributed by atoms with van der Waals surface area (Å²) in [4.78, 5) is 6.63. The van der Waals surface area contributed by atoms with Gasteiger partial charge in [0.05, 0.1) is 12.6 Å². The molecule has 2 aromatic rings. The first kappa shape index (κ1) is 13.3. The SMILES string of the molecule is Cc1ccccc1-c1nc(CN2CCCC(O)C2)no1. The van der Waals surface area contributed by atoms with Crippen molar-refractivity contribution in [1.82, 2.24) is 15.0 Å². The fourth-order valence-electron chi connectivity index (χ4n) is 2.62. The summed E-state index contributed by atoms with van der Waals surface area (Å²) in [6.07, 6.45) is 1.67. The van der Waals surface area contributed by atoms with E-state index in [1.165, 1.54) is 0 Å². The Labute approximate surface area is 118 Å². The molecule has 5 heteroatoms. The highest BCUT2D eigenvalue weighted by molar-refractivity contribution is 5.57. The summed E-state index contributed by atoms with van der Waals surface area (Å²) in [6.45, 7) is 4.33. The molecular formula is C15H19N3O2. The Hall–Kier alpha value is -1.72. The van der Waals surface area contributed by atoms with Crippen LogP contribution in [-0.2, 0) is 6.54 Å². The molecule has 1 N–H and O–H groups in total. The second kappa shape index (κ2) is 5.73. The van der Waals surface area contributed by atoms with E-state index in [1.54, 1.807) is 0 Å². The summed E-state index contributed by atoms with van der Waals surface area (Å²) in [6, 6.07) is 7.97. The molecule has 0 bridgehead atoms. The summed E-state index contributed by atoms with van der Waals surface area (Å²) in [7, 11) is 0.